The maximum absolute atomic E-state index is 12.6. The zero-order valence-electron chi connectivity index (χ0n) is 20.0. The molecule has 0 spiro atoms. The van der Waals surface area contributed by atoms with E-state index in [-0.39, 0.29) is 24.6 Å². The fraction of sp³-hybridized carbons (Fsp3) is 0.185. The van der Waals surface area contributed by atoms with Gasteiger partial charge in [-0.05, 0) is 55.3 Å². The standard InChI is InChI=1S/C27H26N4O5/c1-3-35-26(33)14-19-9-11-20(12-10-19)29-27(34)30-22-6-4-5-7-23(22)36-17-21-15-25(32)31-16-18(2)8-13-24(31)28-21/h4-13,15-16H,3,14,17H2,1-2H3,(H2,29,30,34). The van der Waals surface area contributed by atoms with Crippen LogP contribution in [0.4, 0.5) is 16.2 Å². The molecule has 0 aliphatic rings. The first-order valence-electron chi connectivity index (χ1n) is 11.4. The van der Waals surface area contributed by atoms with E-state index in [1.165, 1.54) is 10.5 Å². The number of hydrogen-bond acceptors (Lipinski definition) is 6. The molecule has 0 saturated carbocycles. The molecule has 2 amide bonds. The van der Waals surface area contributed by atoms with Gasteiger partial charge in [-0.2, -0.15) is 0 Å². The zero-order valence-corrected chi connectivity index (χ0v) is 20.0. The molecule has 0 radical (unpaired) electrons. The van der Waals surface area contributed by atoms with Crippen molar-refractivity contribution < 1.29 is 19.1 Å². The predicted octanol–water partition coefficient (Wildman–Crippen LogP) is 4.33. The number of hydrogen-bond donors (Lipinski definition) is 2. The van der Waals surface area contributed by atoms with E-state index in [1.807, 2.05) is 13.0 Å². The van der Waals surface area contributed by atoms with Gasteiger partial charge in [-0.3, -0.25) is 14.0 Å². The summed E-state index contributed by atoms with van der Waals surface area (Å²) in [5.74, 6) is 0.134. The summed E-state index contributed by atoms with van der Waals surface area (Å²) in [5, 5.41) is 5.52. The molecule has 0 unspecified atom stereocenters. The molecule has 0 atom stereocenters. The molecule has 4 aromatic rings. The number of para-hydroxylation sites is 2. The van der Waals surface area contributed by atoms with Crippen LogP contribution in [0.5, 0.6) is 5.75 Å². The van der Waals surface area contributed by atoms with E-state index in [0.717, 1.165) is 11.1 Å². The summed E-state index contributed by atoms with van der Waals surface area (Å²) in [4.78, 5) is 41.1. The van der Waals surface area contributed by atoms with Crippen LogP contribution in [0.1, 0.15) is 23.7 Å². The highest BCUT2D eigenvalue weighted by molar-refractivity contribution is 6.00. The van der Waals surface area contributed by atoms with Gasteiger partial charge < -0.3 is 20.1 Å². The Hall–Kier alpha value is -4.66. The first kappa shape index (κ1) is 24.5. The molecular weight excluding hydrogens is 460 g/mol. The van der Waals surface area contributed by atoms with Crippen molar-refractivity contribution in [2.75, 3.05) is 17.2 Å². The summed E-state index contributed by atoms with van der Waals surface area (Å²) < 4.78 is 12.3. The monoisotopic (exact) mass is 486 g/mol. The van der Waals surface area contributed by atoms with Crippen molar-refractivity contribution >= 4 is 29.0 Å². The Morgan fingerprint density at radius 3 is 2.56 bits per heavy atom. The third-order valence-corrected chi connectivity index (χ3v) is 5.24. The molecule has 184 valence electrons. The van der Waals surface area contributed by atoms with Crippen LogP contribution >= 0.6 is 0 Å². The van der Waals surface area contributed by atoms with Crippen LogP contribution in [0.15, 0.2) is 77.7 Å². The number of carbonyl (C=O) groups is 2. The number of anilines is 2. The Balaban J connectivity index is 1.39. The van der Waals surface area contributed by atoms with Crippen LogP contribution in [0, 0.1) is 6.92 Å². The maximum atomic E-state index is 12.6. The van der Waals surface area contributed by atoms with Crippen LogP contribution in [-0.2, 0) is 22.6 Å². The Morgan fingerprint density at radius 2 is 1.78 bits per heavy atom. The largest absolute Gasteiger partial charge is 0.485 e. The average Bonchev–Trinajstić information content (AvgIpc) is 2.85. The van der Waals surface area contributed by atoms with Crippen molar-refractivity contribution in [3.05, 3.63) is 100 Å². The van der Waals surface area contributed by atoms with E-state index in [0.29, 0.717) is 35.1 Å². The lowest BCUT2D eigenvalue weighted by Gasteiger charge is -2.13. The van der Waals surface area contributed by atoms with Crippen LogP contribution in [-0.4, -0.2) is 28.0 Å². The number of nitrogens with one attached hydrogen (secondary N) is 2. The number of nitrogens with zero attached hydrogens (tertiary/aromatic N) is 2. The highest BCUT2D eigenvalue weighted by Crippen LogP contribution is 2.25. The number of fused-ring (bicyclic) bond motifs is 1. The van der Waals surface area contributed by atoms with E-state index in [9.17, 15) is 14.4 Å². The topological polar surface area (TPSA) is 111 Å². The van der Waals surface area contributed by atoms with Gasteiger partial charge in [0.05, 0.1) is 24.4 Å². The van der Waals surface area contributed by atoms with E-state index >= 15 is 0 Å². The van der Waals surface area contributed by atoms with Crippen molar-refractivity contribution in [2.24, 2.45) is 0 Å². The number of aryl methyl sites for hydroxylation is 1. The quantitative estimate of drug-likeness (QED) is 0.359. The molecule has 0 fully saturated rings. The van der Waals surface area contributed by atoms with Crippen molar-refractivity contribution in [1.82, 2.24) is 9.38 Å². The average molecular weight is 487 g/mol. The molecule has 36 heavy (non-hydrogen) atoms. The minimum Gasteiger partial charge on any atom is -0.485 e. The number of ether oxygens (including phenoxy) is 2. The summed E-state index contributed by atoms with van der Waals surface area (Å²) in [7, 11) is 0. The van der Waals surface area contributed by atoms with Crippen LogP contribution in [0.25, 0.3) is 5.65 Å². The first-order chi connectivity index (χ1) is 17.4. The summed E-state index contributed by atoms with van der Waals surface area (Å²) in [5.41, 5.74) is 3.59. The summed E-state index contributed by atoms with van der Waals surface area (Å²) in [6.45, 7) is 4.06. The molecule has 9 heteroatoms. The third kappa shape index (κ3) is 6.26. The second-order valence-corrected chi connectivity index (χ2v) is 8.06. The highest BCUT2D eigenvalue weighted by Gasteiger charge is 2.10. The number of benzene rings is 2. The number of rotatable bonds is 8. The van der Waals surface area contributed by atoms with Gasteiger partial charge in [0.1, 0.15) is 18.0 Å². The molecule has 0 aliphatic carbocycles. The van der Waals surface area contributed by atoms with E-state index in [1.54, 1.807) is 67.7 Å². The molecule has 2 N–H and O–H groups in total. The van der Waals surface area contributed by atoms with Gasteiger partial charge in [-0.1, -0.05) is 30.3 Å². The second-order valence-electron chi connectivity index (χ2n) is 8.06. The summed E-state index contributed by atoms with van der Waals surface area (Å²) >= 11 is 0. The number of urea groups is 1. The minimum atomic E-state index is -0.457. The lowest BCUT2D eigenvalue weighted by molar-refractivity contribution is -0.142. The fourth-order valence-corrected chi connectivity index (χ4v) is 3.55. The number of esters is 1. The van der Waals surface area contributed by atoms with Gasteiger partial charge in [0.2, 0.25) is 0 Å². The lowest BCUT2D eigenvalue weighted by Crippen LogP contribution is -2.20. The van der Waals surface area contributed by atoms with Gasteiger partial charge in [0, 0.05) is 18.0 Å². The van der Waals surface area contributed by atoms with Crippen molar-refractivity contribution in [3.8, 4) is 5.75 Å². The molecule has 2 heterocycles. The Labute approximate surface area is 207 Å². The van der Waals surface area contributed by atoms with Gasteiger partial charge in [-0.15, -0.1) is 0 Å². The number of amides is 2. The van der Waals surface area contributed by atoms with E-state index < -0.39 is 6.03 Å². The second kappa shape index (κ2) is 11.2. The Kier molecular flexibility index (Phi) is 7.60. The Bertz CT molecular complexity index is 1450. The molecular formula is C27H26N4O5. The first-order valence-corrected chi connectivity index (χ1v) is 11.4. The molecule has 0 saturated heterocycles. The minimum absolute atomic E-state index is 0.0574. The molecule has 2 aromatic carbocycles. The van der Waals surface area contributed by atoms with Crippen molar-refractivity contribution in [3.63, 3.8) is 0 Å². The van der Waals surface area contributed by atoms with E-state index in [2.05, 4.69) is 15.6 Å². The maximum Gasteiger partial charge on any atom is 0.323 e. The number of pyridine rings is 1. The van der Waals surface area contributed by atoms with Crippen molar-refractivity contribution in [1.29, 1.82) is 0 Å². The van der Waals surface area contributed by atoms with E-state index in [4.69, 9.17) is 9.47 Å². The fourth-order valence-electron chi connectivity index (χ4n) is 3.55. The highest BCUT2D eigenvalue weighted by atomic mass is 16.5. The molecule has 4 rings (SSSR count). The normalized spacial score (nSPS) is 10.6. The SMILES string of the molecule is CCOC(=O)Cc1ccc(NC(=O)Nc2ccccc2OCc2cc(=O)n3cc(C)ccc3n2)cc1. The summed E-state index contributed by atoms with van der Waals surface area (Å²) in [6, 6.07) is 18.6. The molecule has 9 nitrogen and oxygen atoms in total. The van der Waals surface area contributed by atoms with Crippen molar-refractivity contribution in [2.45, 2.75) is 26.9 Å². The molecule has 0 bridgehead atoms. The lowest BCUT2D eigenvalue weighted by atomic mass is 10.1. The predicted molar refractivity (Wildman–Crippen MR) is 136 cm³/mol. The van der Waals surface area contributed by atoms with Crippen LogP contribution in [0.3, 0.4) is 0 Å². The van der Waals surface area contributed by atoms with Gasteiger partial charge in [0.25, 0.3) is 5.56 Å². The zero-order chi connectivity index (χ0) is 25.5. The summed E-state index contributed by atoms with van der Waals surface area (Å²) in [6.07, 6.45) is 1.91. The molecule has 2 aromatic heterocycles. The van der Waals surface area contributed by atoms with Gasteiger partial charge in [0.15, 0.2) is 0 Å². The smallest absolute Gasteiger partial charge is 0.323 e. The number of aromatic nitrogens is 2. The number of carbonyl (C=O) groups excluding carboxylic acids is 2. The molecule has 0 aliphatic heterocycles. The Morgan fingerprint density at radius 1 is 1.00 bits per heavy atom. The van der Waals surface area contributed by atoms with Crippen LogP contribution < -0.4 is 20.9 Å². The third-order valence-electron chi connectivity index (χ3n) is 5.24. The van der Waals surface area contributed by atoms with Crippen LogP contribution in [0.2, 0.25) is 0 Å². The van der Waals surface area contributed by atoms with Gasteiger partial charge in [-0.25, -0.2) is 9.78 Å². The van der Waals surface area contributed by atoms with Gasteiger partial charge >= 0.3 is 12.0 Å².